The fourth-order valence-electron chi connectivity index (χ4n) is 2.87. The number of hydrogen-bond donors (Lipinski definition) is 1. The highest BCUT2D eigenvalue weighted by molar-refractivity contribution is 5.77. The van der Waals surface area contributed by atoms with Gasteiger partial charge >= 0.3 is 5.97 Å². The third-order valence-electron chi connectivity index (χ3n) is 4.24. The standard InChI is InChI=1S/C15H15FN2O3/c1-7-4-5-8(16)6-9(7)12-17-13(21-18-12)10-11(14(19)20)15(10,2)3/h4-6,10-11H,1-3H3,(H,19,20). The molecule has 2 atom stereocenters. The van der Waals surface area contributed by atoms with Crippen molar-refractivity contribution in [3.05, 3.63) is 35.5 Å². The molecule has 5 nitrogen and oxygen atoms in total. The van der Waals surface area contributed by atoms with Crippen molar-refractivity contribution in [1.82, 2.24) is 10.1 Å². The van der Waals surface area contributed by atoms with Gasteiger partial charge in [0, 0.05) is 5.56 Å². The molecular weight excluding hydrogens is 275 g/mol. The van der Waals surface area contributed by atoms with Gasteiger partial charge in [0.05, 0.1) is 11.8 Å². The zero-order valence-corrected chi connectivity index (χ0v) is 11.9. The van der Waals surface area contributed by atoms with E-state index in [0.29, 0.717) is 11.5 Å². The maximum Gasteiger partial charge on any atom is 0.307 e. The van der Waals surface area contributed by atoms with E-state index < -0.39 is 17.3 Å². The number of aliphatic carboxylic acids is 1. The smallest absolute Gasteiger partial charge is 0.307 e. The molecule has 1 aromatic carbocycles. The lowest BCUT2D eigenvalue weighted by atomic mass is 10.1. The molecule has 1 aromatic heterocycles. The minimum absolute atomic E-state index is 0.286. The van der Waals surface area contributed by atoms with Crippen LogP contribution >= 0.6 is 0 Å². The number of rotatable bonds is 3. The molecule has 2 aromatic rings. The molecule has 0 saturated heterocycles. The van der Waals surface area contributed by atoms with E-state index in [2.05, 4.69) is 10.1 Å². The van der Waals surface area contributed by atoms with Crippen LogP contribution in [0.3, 0.4) is 0 Å². The van der Waals surface area contributed by atoms with E-state index in [4.69, 9.17) is 4.52 Å². The van der Waals surface area contributed by atoms with Crippen LogP contribution in [-0.4, -0.2) is 21.2 Å². The predicted molar refractivity (Wildman–Crippen MR) is 72.1 cm³/mol. The molecule has 6 heteroatoms. The molecule has 0 bridgehead atoms. The Morgan fingerprint density at radius 2 is 2.14 bits per heavy atom. The van der Waals surface area contributed by atoms with Gasteiger partial charge in [-0.1, -0.05) is 25.1 Å². The fraction of sp³-hybridized carbons (Fsp3) is 0.400. The highest BCUT2D eigenvalue weighted by Crippen LogP contribution is 2.64. The second-order valence-corrected chi connectivity index (χ2v) is 6.03. The Hall–Kier alpha value is -2.24. The normalized spacial score (nSPS) is 23.0. The Morgan fingerprint density at radius 1 is 1.43 bits per heavy atom. The third kappa shape index (κ3) is 2.11. The Kier molecular flexibility index (Phi) is 2.86. The SMILES string of the molecule is Cc1ccc(F)cc1-c1noc(C2C(C(=O)O)C2(C)C)n1. The van der Waals surface area contributed by atoms with Gasteiger partial charge in [0.2, 0.25) is 11.7 Å². The molecule has 0 aliphatic heterocycles. The second-order valence-electron chi connectivity index (χ2n) is 6.03. The number of halogens is 1. The first-order chi connectivity index (χ1) is 9.82. The van der Waals surface area contributed by atoms with Crippen LogP contribution in [0.1, 0.15) is 31.2 Å². The summed E-state index contributed by atoms with van der Waals surface area (Å²) in [5.41, 5.74) is 0.969. The molecule has 0 radical (unpaired) electrons. The van der Waals surface area contributed by atoms with Gasteiger partial charge in [0.15, 0.2) is 0 Å². The number of aryl methyl sites for hydroxylation is 1. The van der Waals surface area contributed by atoms with Crippen molar-refractivity contribution in [2.24, 2.45) is 11.3 Å². The molecule has 1 heterocycles. The van der Waals surface area contributed by atoms with Crippen LogP contribution in [0.5, 0.6) is 0 Å². The monoisotopic (exact) mass is 290 g/mol. The van der Waals surface area contributed by atoms with Gasteiger partial charge in [-0.3, -0.25) is 4.79 Å². The molecule has 1 saturated carbocycles. The quantitative estimate of drug-likeness (QED) is 0.940. The van der Waals surface area contributed by atoms with Gasteiger partial charge in [-0.05, 0) is 30.0 Å². The summed E-state index contributed by atoms with van der Waals surface area (Å²) in [6.45, 7) is 5.54. The zero-order chi connectivity index (χ0) is 15.4. The molecule has 0 amide bonds. The maximum atomic E-state index is 13.3. The van der Waals surface area contributed by atoms with Crippen molar-refractivity contribution < 1.29 is 18.8 Å². The second kappa shape index (κ2) is 4.38. The van der Waals surface area contributed by atoms with Crippen LogP contribution in [0, 0.1) is 24.1 Å². The van der Waals surface area contributed by atoms with E-state index in [1.165, 1.54) is 12.1 Å². The Labute approximate surface area is 120 Å². The number of aromatic nitrogens is 2. The molecule has 0 spiro atoms. The topological polar surface area (TPSA) is 76.2 Å². The van der Waals surface area contributed by atoms with E-state index in [0.717, 1.165) is 5.56 Å². The van der Waals surface area contributed by atoms with Gasteiger partial charge in [-0.25, -0.2) is 4.39 Å². The maximum absolute atomic E-state index is 13.3. The van der Waals surface area contributed by atoms with Crippen molar-refractivity contribution in [3.8, 4) is 11.4 Å². The highest BCUT2D eigenvalue weighted by atomic mass is 19.1. The first-order valence-corrected chi connectivity index (χ1v) is 6.65. The Morgan fingerprint density at radius 3 is 2.76 bits per heavy atom. The molecule has 1 N–H and O–H groups in total. The van der Waals surface area contributed by atoms with Gasteiger partial charge in [0.25, 0.3) is 0 Å². The third-order valence-corrected chi connectivity index (χ3v) is 4.24. The lowest BCUT2D eigenvalue weighted by Gasteiger charge is -1.99. The van der Waals surface area contributed by atoms with E-state index in [9.17, 15) is 14.3 Å². The summed E-state index contributed by atoms with van der Waals surface area (Å²) >= 11 is 0. The van der Waals surface area contributed by atoms with E-state index >= 15 is 0 Å². The molecule has 110 valence electrons. The first-order valence-electron chi connectivity index (χ1n) is 6.65. The lowest BCUT2D eigenvalue weighted by Crippen LogP contribution is -2.03. The van der Waals surface area contributed by atoms with Crippen LogP contribution in [0.2, 0.25) is 0 Å². The lowest BCUT2D eigenvalue weighted by molar-refractivity contribution is -0.139. The summed E-state index contributed by atoms with van der Waals surface area (Å²) in [6, 6.07) is 4.35. The summed E-state index contributed by atoms with van der Waals surface area (Å²) < 4.78 is 18.5. The van der Waals surface area contributed by atoms with Crippen molar-refractivity contribution in [2.45, 2.75) is 26.7 Å². The average molecular weight is 290 g/mol. The van der Waals surface area contributed by atoms with Crippen molar-refractivity contribution in [3.63, 3.8) is 0 Å². The van der Waals surface area contributed by atoms with E-state index in [-0.39, 0.29) is 17.6 Å². The zero-order valence-electron chi connectivity index (χ0n) is 11.9. The van der Waals surface area contributed by atoms with Crippen LogP contribution in [0.25, 0.3) is 11.4 Å². The van der Waals surface area contributed by atoms with Gasteiger partial charge in [0.1, 0.15) is 5.82 Å². The number of carboxylic acid groups (broad SMARTS) is 1. The summed E-state index contributed by atoms with van der Waals surface area (Å²) in [4.78, 5) is 15.5. The molecule has 1 aliphatic carbocycles. The number of carbonyl (C=O) groups is 1. The van der Waals surface area contributed by atoms with E-state index in [1.54, 1.807) is 6.07 Å². The van der Waals surface area contributed by atoms with Crippen LogP contribution in [0.15, 0.2) is 22.7 Å². The molecule has 2 unspecified atom stereocenters. The minimum Gasteiger partial charge on any atom is -0.481 e. The van der Waals surface area contributed by atoms with Crippen LogP contribution in [0.4, 0.5) is 4.39 Å². The number of benzene rings is 1. The first kappa shape index (κ1) is 13.7. The van der Waals surface area contributed by atoms with Gasteiger partial charge in [-0.15, -0.1) is 0 Å². The fourth-order valence-corrected chi connectivity index (χ4v) is 2.87. The number of carboxylic acids is 1. The Bertz CT molecular complexity index is 723. The van der Waals surface area contributed by atoms with Gasteiger partial charge < -0.3 is 9.63 Å². The number of hydrogen-bond acceptors (Lipinski definition) is 4. The largest absolute Gasteiger partial charge is 0.481 e. The minimum atomic E-state index is -0.869. The summed E-state index contributed by atoms with van der Waals surface area (Å²) in [5, 5.41) is 13.0. The number of nitrogens with zero attached hydrogens (tertiary/aromatic N) is 2. The van der Waals surface area contributed by atoms with Crippen molar-refractivity contribution >= 4 is 5.97 Å². The van der Waals surface area contributed by atoms with Crippen LogP contribution in [-0.2, 0) is 4.79 Å². The predicted octanol–water partition coefficient (Wildman–Crippen LogP) is 3.01. The molecule has 1 aliphatic rings. The molecule has 3 rings (SSSR count). The highest BCUT2D eigenvalue weighted by Gasteiger charge is 2.65. The summed E-state index contributed by atoms with van der Waals surface area (Å²) in [6.07, 6.45) is 0. The Balaban J connectivity index is 1.95. The molecule has 21 heavy (non-hydrogen) atoms. The van der Waals surface area contributed by atoms with Crippen molar-refractivity contribution in [1.29, 1.82) is 0 Å². The average Bonchev–Trinajstić information content (AvgIpc) is 2.78. The van der Waals surface area contributed by atoms with E-state index in [1.807, 2.05) is 20.8 Å². The molecular formula is C15H15FN2O3. The summed E-state index contributed by atoms with van der Waals surface area (Å²) in [5.74, 6) is -1.49. The summed E-state index contributed by atoms with van der Waals surface area (Å²) in [7, 11) is 0. The molecule has 1 fully saturated rings. The van der Waals surface area contributed by atoms with Crippen LogP contribution < -0.4 is 0 Å². The van der Waals surface area contributed by atoms with Crippen molar-refractivity contribution in [2.75, 3.05) is 0 Å². The van der Waals surface area contributed by atoms with Gasteiger partial charge in [-0.2, -0.15) is 4.98 Å².